The van der Waals surface area contributed by atoms with E-state index < -0.39 is 6.61 Å². The number of methoxy groups -OCH3 is 1. The summed E-state index contributed by atoms with van der Waals surface area (Å²) in [6, 6.07) is 13.0. The summed E-state index contributed by atoms with van der Waals surface area (Å²) in [7, 11) is 3.42. The van der Waals surface area contributed by atoms with Crippen molar-refractivity contribution in [2.45, 2.75) is 19.7 Å². The number of hydrogen-bond acceptors (Lipinski definition) is 5. The van der Waals surface area contributed by atoms with Crippen molar-refractivity contribution in [1.82, 2.24) is 9.88 Å². The highest BCUT2D eigenvalue weighted by Crippen LogP contribution is 2.30. The Balaban J connectivity index is 1.68. The second-order valence-electron chi connectivity index (χ2n) is 5.61. The van der Waals surface area contributed by atoms with Gasteiger partial charge < -0.3 is 9.47 Å². The van der Waals surface area contributed by atoms with Crippen molar-refractivity contribution in [3.8, 4) is 11.5 Å². The second-order valence-corrected chi connectivity index (χ2v) is 6.73. The molecule has 0 bridgehead atoms. The maximum Gasteiger partial charge on any atom is 0.387 e. The predicted octanol–water partition coefficient (Wildman–Crippen LogP) is 4.54. The summed E-state index contributed by atoms with van der Waals surface area (Å²) in [5.41, 5.74) is 1.95. The summed E-state index contributed by atoms with van der Waals surface area (Å²) in [5.74, 6) is 0.335. The highest BCUT2D eigenvalue weighted by Gasteiger charge is 2.12. The van der Waals surface area contributed by atoms with E-state index in [-0.39, 0.29) is 5.75 Å². The van der Waals surface area contributed by atoms with Gasteiger partial charge in [0.25, 0.3) is 0 Å². The number of nitrogens with zero attached hydrogens (tertiary/aromatic N) is 2. The van der Waals surface area contributed by atoms with Gasteiger partial charge in [-0.1, -0.05) is 18.2 Å². The van der Waals surface area contributed by atoms with Crippen molar-refractivity contribution in [1.29, 1.82) is 0 Å². The molecular weight excluding hydrogens is 346 g/mol. The lowest BCUT2D eigenvalue weighted by Gasteiger charge is -2.17. The zero-order valence-electron chi connectivity index (χ0n) is 13.9. The van der Waals surface area contributed by atoms with Gasteiger partial charge >= 0.3 is 6.61 Å². The molecule has 3 rings (SSSR count). The third-order valence-corrected chi connectivity index (χ3v) is 4.66. The van der Waals surface area contributed by atoms with Crippen molar-refractivity contribution >= 4 is 21.6 Å². The van der Waals surface area contributed by atoms with Gasteiger partial charge in [0.05, 0.1) is 23.9 Å². The second kappa shape index (κ2) is 7.76. The first-order valence-corrected chi connectivity index (χ1v) is 8.51. The third-order valence-electron chi connectivity index (χ3n) is 3.64. The number of hydrogen-bond donors (Lipinski definition) is 0. The Hall–Kier alpha value is -2.25. The van der Waals surface area contributed by atoms with E-state index in [9.17, 15) is 8.78 Å². The van der Waals surface area contributed by atoms with Crippen molar-refractivity contribution in [2.75, 3.05) is 14.2 Å². The SMILES string of the molecule is COc1cc(CN(C)Cc2nc3ccccc3s2)ccc1OC(F)F. The van der Waals surface area contributed by atoms with E-state index in [1.807, 2.05) is 25.2 Å². The lowest BCUT2D eigenvalue weighted by atomic mass is 10.2. The van der Waals surface area contributed by atoms with Crippen LogP contribution in [0.25, 0.3) is 10.2 Å². The summed E-state index contributed by atoms with van der Waals surface area (Å²) < 4.78 is 35.5. The molecule has 1 aromatic heterocycles. The number of para-hydroxylation sites is 1. The molecule has 0 aliphatic rings. The first kappa shape index (κ1) is 17.6. The smallest absolute Gasteiger partial charge is 0.387 e. The van der Waals surface area contributed by atoms with Crippen LogP contribution >= 0.6 is 11.3 Å². The normalized spacial score (nSPS) is 11.4. The zero-order chi connectivity index (χ0) is 17.8. The third kappa shape index (κ3) is 4.43. The summed E-state index contributed by atoms with van der Waals surface area (Å²) >= 11 is 1.67. The Kier molecular flexibility index (Phi) is 5.45. The van der Waals surface area contributed by atoms with Gasteiger partial charge in [-0.25, -0.2) is 4.98 Å². The van der Waals surface area contributed by atoms with Gasteiger partial charge in [-0.05, 0) is 36.9 Å². The van der Waals surface area contributed by atoms with Crippen LogP contribution in [0.3, 0.4) is 0 Å². The van der Waals surface area contributed by atoms with Crippen LogP contribution in [0, 0.1) is 0 Å². The van der Waals surface area contributed by atoms with Crippen LogP contribution in [0.15, 0.2) is 42.5 Å². The monoisotopic (exact) mass is 364 g/mol. The van der Waals surface area contributed by atoms with Crippen molar-refractivity contribution < 1.29 is 18.3 Å². The molecule has 2 aromatic carbocycles. The Labute approximate surface area is 148 Å². The zero-order valence-corrected chi connectivity index (χ0v) is 14.7. The van der Waals surface area contributed by atoms with Gasteiger partial charge in [0, 0.05) is 6.54 Å². The topological polar surface area (TPSA) is 34.6 Å². The molecule has 7 heteroatoms. The van der Waals surface area contributed by atoms with Crippen LogP contribution in [0.4, 0.5) is 8.78 Å². The number of fused-ring (bicyclic) bond motifs is 1. The number of benzene rings is 2. The molecule has 25 heavy (non-hydrogen) atoms. The summed E-state index contributed by atoms with van der Waals surface area (Å²) in [4.78, 5) is 6.73. The molecule has 0 unspecified atom stereocenters. The minimum absolute atomic E-state index is 0.0371. The Bertz CT molecular complexity index is 821. The van der Waals surface area contributed by atoms with Crippen molar-refractivity contribution in [2.24, 2.45) is 0 Å². The van der Waals surface area contributed by atoms with Crippen LogP contribution in [0.5, 0.6) is 11.5 Å². The highest BCUT2D eigenvalue weighted by atomic mass is 32.1. The molecule has 0 saturated carbocycles. The number of thiazole rings is 1. The predicted molar refractivity (Wildman–Crippen MR) is 94.4 cm³/mol. The molecule has 4 nitrogen and oxygen atoms in total. The van der Waals surface area contributed by atoms with Gasteiger partial charge in [0.1, 0.15) is 5.01 Å². The molecule has 132 valence electrons. The fourth-order valence-corrected chi connectivity index (χ4v) is 3.64. The molecule has 1 heterocycles. The first-order chi connectivity index (χ1) is 12.0. The van der Waals surface area contributed by atoms with Gasteiger partial charge in [0.2, 0.25) is 0 Å². The number of rotatable bonds is 7. The molecule has 3 aromatic rings. The summed E-state index contributed by atoms with van der Waals surface area (Å²) in [5, 5.41) is 1.04. The van der Waals surface area contributed by atoms with Gasteiger partial charge in [-0.3, -0.25) is 4.90 Å². The lowest BCUT2D eigenvalue weighted by Crippen LogP contribution is -2.17. The fraction of sp³-hybridized carbons (Fsp3) is 0.278. The average molecular weight is 364 g/mol. The molecule has 0 radical (unpaired) electrons. The quantitative estimate of drug-likeness (QED) is 0.617. The van der Waals surface area contributed by atoms with Gasteiger partial charge in [-0.15, -0.1) is 11.3 Å². The standard InChI is InChI=1S/C18H18F2N2O2S/c1-22(11-17-21-13-5-3-4-6-16(13)25-17)10-12-7-8-14(24-18(19)20)15(9-12)23-2/h3-9,18H,10-11H2,1-2H3. The minimum atomic E-state index is -2.87. The van der Waals surface area contributed by atoms with E-state index >= 15 is 0 Å². The largest absolute Gasteiger partial charge is 0.493 e. The van der Waals surface area contributed by atoms with Crippen LogP contribution < -0.4 is 9.47 Å². The maximum atomic E-state index is 12.4. The van der Waals surface area contributed by atoms with E-state index in [0.29, 0.717) is 18.8 Å². The lowest BCUT2D eigenvalue weighted by molar-refractivity contribution is -0.0512. The first-order valence-electron chi connectivity index (χ1n) is 7.70. The van der Waals surface area contributed by atoms with E-state index in [0.717, 1.165) is 16.1 Å². The van der Waals surface area contributed by atoms with Crippen LogP contribution in [0.1, 0.15) is 10.6 Å². The van der Waals surface area contributed by atoms with Gasteiger partial charge in [0.15, 0.2) is 11.5 Å². The van der Waals surface area contributed by atoms with Gasteiger partial charge in [-0.2, -0.15) is 8.78 Å². The Morgan fingerprint density at radius 2 is 1.92 bits per heavy atom. The average Bonchev–Trinajstić information content (AvgIpc) is 2.97. The minimum Gasteiger partial charge on any atom is -0.493 e. The van der Waals surface area contributed by atoms with E-state index in [2.05, 4.69) is 20.7 Å². The van der Waals surface area contributed by atoms with Crippen LogP contribution in [0.2, 0.25) is 0 Å². The van der Waals surface area contributed by atoms with E-state index in [1.165, 1.54) is 17.9 Å². The van der Waals surface area contributed by atoms with Crippen LogP contribution in [-0.4, -0.2) is 30.7 Å². The molecule has 0 saturated heterocycles. The highest BCUT2D eigenvalue weighted by molar-refractivity contribution is 7.18. The van der Waals surface area contributed by atoms with Crippen molar-refractivity contribution in [3.05, 3.63) is 53.0 Å². The Morgan fingerprint density at radius 3 is 2.64 bits per heavy atom. The molecule has 0 N–H and O–H groups in total. The molecule has 0 spiro atoms. The molecule has 0 aliphatic carbocycles. The summed E-state index contributed by atoms with van der Waals surface area (Å²) in [6.07, 6.45) is 0. The number of aromatic nitrogens is 1. The summed E-state index contributed by atoms with van der Waals surface area (Å²) in [6.45, 7) is -1.53. The molecule has 0 fully saturated rings. The van der Waals surface area contributed by atoms with E-state index in [1.54, 1.807) is 23.5 Å². The molecular formula is C18H18F2N2O2S. The molecule has 0 amide bonds. The van der Waals surface area contributed by atoms with Crippen LogP contribution in [-0.2, 0) is 13.1 Å². The molecule has 0 atom stereocenters. The molecule has 0 aliphatic heterocycles. The number of halogens is 2. The Morgan fingerprint density at radius 1 is 1.12 bits per heavy atom. The number of alkyl halides is 2. The maximum absolute atomic E-state index is 12.4. The fourth-order valence-electron chi connectivity index (χ4n) is 2.59. The van der Waals surface area contributed by atoms with E-state index in [4.69, 9.17) is 4.74 Å². The van der Waals surface area contributed by atoms with Crippen molar-refractivity contribution in [3.63, 3.8) is 0 Å². The number of ether oxygens (including phenoxy) is 2.